The van der Waals surface area contributed by atoms with E-state index >= 15 is 0 Å². The van der Waals surface area contributed by atoms with E-state index in [1.807, 2.05) is 25.7 Å². The summed E-state index contributed by atoms with van der Waals surface area (Å²) < 4.78 is 5.54. The van der Waals surface area contributed by atoms with Crippen LogP contribution in [0.3, 0.4) is 0 Å². The average molecular weight is 316 g/mol. The van der Waals surface area contributed by atoms with Crippen LogP contribution < -0.4 is 5.32 Å². The molecule has 1 N–H and O–H groups in total. The van der Waals surface area contributed by atoms with Gasteiger partial charge >= 0.3 is 6.09 Å². The fraction of sp³-hybridized carbons (Fsp3) is 0.632. The van der Waals surface area contributed by atoms with Gasteiger partial charge in [-0.25, -0.2) is 4.79 Å². The van der Waals surface area contributed by atoms with Crippen LogP contribution in [0, 0.1) is 0 Å². The standard InChI is InChI=1S/C19H28N2O2/c1-19(2,3)23-18(22)21-12-6-8-15(21)13-20-17-11-10-14-7-4-5-9-16(14)17/h4-5,7,9,15,17,20H,6,8,10-13H2,1-3H3. The predicted molar refractivity (Wildman–Crippen MR) is 91.5 cm³/mol. The van der Waals surface area contributed by atoms with Gasteiger partial charge in [0.25, 0.3) is 0 Å². The minimum absolute atomic E-state index is 0.173. The third-order valence-corrected chi connectivity index (χ3v) is 4.74. The van der Waals surface area contributed by atoms with Gasteiger partial charge in [-0.2, -0.15) is 0 Å². The summed E-state index contributed by atoms with van der Waals surface area (Å²) in [4.78, 5) is 14.2. The van der Waals surface area contributed by atoms with Crippen LogP contribution in [0.5, 0.6) is 0 Å². The van der Waals surface area contributed by atoms with Crippen molar-refractivity contribution in [2.24, 2.45) is 0 Å². The van der Waals surface area contributed by atoms with Gasteiger partial charge < -0.3 is 15.0 Å². The third kappa shape index (κ3) is 3.86. The summed E-state index contributed by atoms with van der Waals surface area (Å²) in [6.07, 6.45) is 4.24. The lowest BCUT2D eigenvalue weighted by molar-refractivity contribution is 0.0225. The second kappa shape index (κ2) is 6.52. The van der Waals surface area contributed by atoms with Crippen LogP contribution in [-0.4, -0.2) is 35.7 Å². The number of nitrogens with zero attached hydrogens (tertiary/aromatic N) is 1. The number of rotatable bonds is 3. The summed E-state index contributed by atoms with van der Waals surface area (Å²) in [5.41, 5.74) is 2.46. The van der Waals surface area contributed by atoms with Crippen molar-refractivity contribution >= 4 is 6.09 Å². The molecule has 1 aromatic carbocycles. The van der Waals surface area contributed by atoms with Gasteiger partial charge in [-0.15, -0.1) is 0 Å². The molecular weight excluding hydrogens is 288 g/mol. The third-order valence-electron chi connectivity index (χ3n) is 4.74. The van der Waals surface area contributed by atoms with Crippen LogP contribution in [-0.2, 0) is 11.2 Å². The van der Waals surface area contributed by atoms with E-state index in [1.165, 1.54) is 11.1 Å². The molecule has 126 valence electrons. The Labute approximate surface area is 139 Å². The van der Waals surface area contributed by atoms with E-state index in [4.69, 9.17) is 4.74 Å². The molecular formula is C19H28N2O2. The molecule has 1 aliphatic carbocycles. The molecule has 4 nitrogen and oxygen atoms in total. The molecule has 1 saturated heterocycles. The normalized spacial score (nSPS) is 23.9. The number of fused-ring (bicyclic) bond motifs is 1. The van der Waals surface area contributed by atoms with Gasteiger partial charge in [0.1, 0.15) is 5.60 Å². The quantitative estimate of drug-likeness (QED) is 0.925. The Kier molecular flexibility index (Phi) is 4.62. The lowest BCUT2D eigenvalue weighted by Gasteiger charge is -2.29. The van der Waals surface area contributed by atoms with Crippen molar-refractivity contribution in [3.63, 3.8) is 0 Å². The first-order chi connectivity index (χ1) is 10.9. The van der Waals surface area contributed by atoms with Crippen molar-refractivity contribution in [1.29, 1.82) is 0 Å². The zero-order valence-corrected chi connectivity index (χ0v) is 14.5. The number of hydrogen-bond acceptors (Lipinski definition) is 3. The Balaban J connectivity index is 1.57. The molecule has 0 bridgehead atoms. The van der Waals surface area contributed by atoms with Gasteiger partial charge in [-0.05, 0) is 57.6 Å². The Morgan fingerprint density at radius 1 is 1.30 bits per heavy atom. The fourth-order valence-electron chi connectivity index (χ4n) is 3.66. The second-order valence-corrected chi connectivity index (χ2v) is 7.67. The lowest BCUT2D eigenvalue weighted by Crippen LogP contribution is -2.44. The van der Waals surface area contributed by atoms with E-state index in [2.05, 4.69) is 29.6 Å². The maximum Gasteiger partial charge on any atom is 0.410 e. The molecule has 1 amide bonds. The highest BCUT2D eigenvalue weighted by molar-refractivity contribution is 5.69. The van der Waals surface area contributed by atoms with Crippen molar-refractivity contribution in [3.05, 3.63) is 35.4 Å². The summed E-state index contributed by atoms with van der Waals surface area (Å²) >= 11 is 0. The van der Waals surface area contributed by atoms with Crippen LogP contribution in [0.2, 0.25) is 0 Å². The smallest absolute Gasteiger partial charge is 0.410 e. The van der Waals surface area contributed by atoms with E-state index in [-0.39, 0.29) is 12.1 Å². The van der Waals surface area contributed by atoms with E-state index in [9.17, 15) is 4.79 Å². The molecule has 0 aromatic heterocycles. The molecule has 23 heavy (non-hydrogen) atoms. The molecule has 1 aromatic rings. The van der Waals surface area contributed by atoms with Crippen LogP contribution in [0.1, 0.15) is 57.2 Å². The Hall–Kier alpha value is -1.55. The van der Waals surface area contributed by atoms with Crippen molar-refractivity contribution in [2.45, 2.75) is 64.1 Å². The molecule has 2 atom stereocenters. The van der Waals surface area contributed by atoms with E-state index in [0.717, 1.165) is 38.8 Å². The number of carbonyl (C=O) groups excluding carboxylic acids is 1. The Bertz CT molecular complexity index is 565. The first-order valence-corrected chi connectivity index (χ1v) is 8.75. The summed E-state index contributed by atoms with van der Waals surface area (Å²) in [5.74, 6) is 0. The van der Waals surface area contributed by atoms with Crippen molar-refractivity contribution in [3.8, 4) is 0 Å². The summed E-state index contributed by atoms with van der Waals surface area (Å²) in [5, 5.41) is 3.68. The minimum Gasteiger partial charge on any atom is -0.444 e. The SMILES string of the molecule is CC(C)(C)OC(=O)N1CCCC1CNC1CCc2ccccc21. The molecule has 1 heterocycles. The number of aryl methyl sites for hydroxylation is 1. The zero-order chi connectivity index (χ0) is 16.4. The number of nitrogens with one attached hydrogen (secondary N) is 1. The minimum atomic E-state index is -0.429. The highest BCUT2D eigenvalue weighted by Gasteiger charge is 2.33. The number of likely N-dealkylation sites (tertiary alicyclic amines) is 1. The molecule has 0 radical (unpaired) electrons. The van der Waals surface area contributed by atoms with Gasteiger partial charge in [0, 0.05) is 25.2 Å². The van der Waals surface area contributed by atoms with E-state index in [1.54, 1.807) is 0 Å². The fourth-order valence-corrected chi connectivity index (χ4v) is 3.66. The monoisotopic (exact) mass is 316 g/mol. The van der Waals surface area contributed by atoms with Crippen molar-refractivity contribution in [2.75, 3.05) is 13.1 Å². The van der Waals surface area contributed by atoms with Gasteiger partial charge in [0.15, 0.2) is 0 Å². The zero-order valence-electron chi connectivity index (χ0n) is 14.5. The Morgan fingerprint density at radius 2 is 2.09 bits per heavy atom. The van der Waals surface area contributed by atoms with Crippen LogP contribution >= 0.6 is 0 Å². The maximum atomic E-state index is 12.3. The number of hydrogen-bond donors (Lipinski definition) is 1. The molecule has 0 spiro atoms. The van der Waals surface area contributed by atoms with Crippen LogP contribution in [0.25, 0.3) is 0 Å². The predicted octanol–water partition coefficient (Wildman–Crippen LogP) is 3.66. The second-order valence-electron chi connectivity index (χ2n) is 7.67. The molecule has 3 rings (SSSR count). The van der Waals surface area contributed by atoms with Crippen LogP contribution in [0.4, 0.5) is 4.79 Å². The lowest BCUT2D eigenvalue weighted by atomic mass is 10.1. The highest BCUT2D eigenvalue weighted by atomic mass is 16.6. The molecule has 0 saturated carbocycles. The summed E-state index contributed by atoms with van der Waals surface area (Å²) in [6.45, 7) is 7.41. The largest absolute Gasteiger partial charge is 0.444 e. The molecule has 1 aliphatic heterocycles. The number of amides is 1. The van der Waals surface area contributed by atoms with Crippen molar-refractivity contribution in [1.82, 2.24) is 10.2 Å². The maximum absolute atomic E-state index is 12.3. The highest BCUT2D eigenvalue weighted by Crippen LogP contribution is 2.31. The van der Waals surface area contributed by atoms with Crippen LogP contribution in [0.15, 0.2) is 24.3 Å². The number of carbonyl (C=O) groups is 1. The summed E-state index contributed by atoms with van der Waals surface area (Å²) in [7, 11) is 0. The van der Waals surface area contributed by atoms with E-state index < -0.39 is 5.60 Å². The van der Waals surface area contributed by atoms with Gasteiger partial charge in [-0.3, -0.25) is 0 Å². The van der Waals surface area contributed by atoms with Crippen molar-refractivity contribution < 1.29 is 9.53 Å². The van der Waals surface area contributed by atoms with Gasteiger partial charge in [-0.1, -0.05) is 24.3 Å². The molecule has 4 heteroatoms. The number of benzene rings is 1. The van der Waals surface area contributed by atoms with E-state index in [0.29, 0.717) is 6.04 Å². The van der Waals surface area contributed by atoms with Gasteiger partial charge in [0.2, 0.25) is 0 Å². The first-order valence-electron chi connectivity index (χ1n) is 8.75. The molecule has 2 unspecified atom stereocenters. The molecule has 2 aliphatic rings. The topological polar surface area (TPSA) is 41.6 Å². The average Bonchev–Trinajstić information content (AvgIpc) is 3.10. The van der Waals surface area contributed by atoms with Gasteiger partial charge in [0.05, 0.1) is 0 Å². The first kappa shape index (κ1) is 16.3. The molecule has 1 fully saturated rings. The summed E-state index contributed by atoms with van der Waals surface area (Å²) in [6, 6.07) is 9.34. The Morgan fingerprint density at radius 3 is 2.87 bits per heavy atom. The number of ether oxygens (including phenoxy) is 1.